The first-order valence-electron chi connectivity index (χ1n) is 4.32. The van der Waals surface area contributed by atoms with Gasteiger partial charge in [0.15, 0.2) is 0 Å². The number of rotatable bonds is 1. The zero-order valence-electron chi connectivity index (χ0n) is 7.87. The van der Waals surface area contributed by atoms with Crippen LogP contribution in [0.25, 0.3) is 11.3 Å². The van der Waals surface area contributed by atoms with E-state index in [1.54, 1.807) is 12.1 Å². The first-order chi connectivity index (χ1) is 7.58. The molecule has 0 aliphatic rings. The third-order valence-corrected chi connectivity index (χ3v) is 2.81. The van der Waals surface area contributed by atoms with Gasteiger partial charge in [0.1, 0.15) is 5.75 Å². The van der Waals surface area contributed by atoms with Crippen LogP contribution < -0.4 is 5.56 Å². The maximum atomic E-state index is 10.9. The summed E-state index contributed by atoms with van der Waals surface area (Å²) in [6.45, 7) is 0. The normalized spacial score (nSPS) is 10.4. The number of phenolic OH excluding ortho intramolecular Hbond substituents is 1. The highest BCUT2D eigenvalue weighted by atomic mass is 79.9. The van der Waals surface area contributed by atoms with Gasteiger partial charge in [0.25, 0.3) is 5.56 Å². The van der Waals surface area contributed by atoms with Crippen LogP contribution in [-0.4, -0.2) is 15.3 Å². The fourth-order valence-electron chi connectivity index (χ4n) is 1.26. The topological polar surface area (TPSA) is 66.0 Å². The van der Waals surface area contributed by atoms with Crippen LogP contribution in [-0.2, 0) is 0 Å². The standard InChI is InChI=1S/C10H6BrClN2O2/c11-7-4-5(12)3-6(10(7)16)8-1-2-9(15)14-13-8/h1-4,16H,(H,14,15). The van der Waals surface area contributed by atoms with E-state index < -0.39 is 0 Å². The highest BCUT2D eigenvalue weighted by molar-refractivity contribution is 9.10. The lowest BCUT2D eigenvalue weighted by Gasteiger charge is -2.05. The van der Waals surface area contributed by atoms with E-state index in [9.17, 15) is 9.90 Å². The maximum Gasteiger partial charge on any atom is 0.264 e. The molecule has 0 spiro atoms. The molecule has 0 aliphatic carbocycles. The Balaban J connectivity index is 2.64. The fraction of sp³-hybridized carbons (Fsp3) is 0. The predicted molar refractivity (Wildman–Crippen MR) is 64.7 cm³/mol. The molecule has 4 nitrogen and oxygen atoms in total. The minimum Gasteiger partial charge on any atom is -0.506 e. The number of halogens is 2. The molecule has 0 saturated carbocycles. The van der Waals surface area contributed by atoms with E-state index in [0.717, 1.165) is 0 Å². The van der Waals surface area contributed by atoms with E-state index in [2.05, 4.69) is 26.1 Å². The van der Waals surface area contributed by atoms with Gasteiger partial charge in [-0.25, -0.2) is 5.10 Å². The van der Waals surface area contributed by atoms with E-state index in [4.69, 9.17) is 11.6 Å². The molecule has 82 valence electrons. The van der Waals surface area contributed by atoms with Crippen molar-refractivity contribution in [2.24, 2.45) is 0 Å². The molecule has 0 aliphatic heterocycles. The summed E-state index contributed by atoms with van der Waals surface area (Å²) in [5.74, 6) is 0.0314. The number of H-pyrrole nitrogens is 1. The summed E-state index contributed by atoms with van der Waals surface area (Å²) in [4.78, 5) is 10.9. The quantitative estimate of drug-likeness (QED) is 0.850. The molecule has 0 radical (unpaired) electrons. The van der Waals surface area contributed by atoms with Gasteiger partial charge < -0.3 is 5.11 Å². The number of nitrogens with one attached hydrogen (secondary N) is 1. The van der Waals surface area contributed by atoms with Crippen molar-refractivity contribution in [1.29, 1.82) is 0 Å². The molecule has 0 saturated heterocycles. The van der Waals surface area contributed by atoms with Crippen LogP contribution in [0.2, 0.25) is 5.02 Å². The minimum atomic E-state index is -0.302. The molecule has 2 aromatic rings. The molecule has 0 amide bonds. The Morgan fingerprint density at radius 2 is 2.12 bits per heavy atom. The van der Waals surface area contributed by atoms with Gasteiger partial charge in [-0.1, -0.05) is 11.6 Å². The summed E-state index contributed by atoms with van der Waals surface area (Å²) in [5, 5.41) is 16.4. The summed E-state index contributed by atoms with van der Waals surface area (Å²) in [7, 11) is 0. The van der Waals surface area contributed by atoms with E-state index in [0.29, 0.717) is 20.8 Å². The van der Waals surface area contributed by atoms with Gasteiger partial charge in [0, 0.05) is 16.7 Å². The van der Waals surface area contributed by atoms with Gasteiger partial charge in [-0.3, -0.25) is 4.79 Å². The Morgan fingerprint density at radius 1 is 1.38 bits per heavy atom. The second-order valence-corrected chi connectivity index (χ2v) is 4.38. The summed E-state index contributed by atoms with van der Waals surface area (Å²) < 4.78 is 0.475. The Morgan fingerprint density at radius 3 is 2.75 bits per heavy atom. The Bertz CT molecular complexity index is 577. The van der Waals surface area contributed by atoms with Gasteiger partial charge in [-0.05, 0) is 34.1 Å². The minimum absolute atomic E-state index is 0.0314. The Hall–Kier alpha value is -1.33. The van der Waals surface area contributed by atoms with Gasteiger partial charge in [0.2, 0.25) is 0 Å². The molecule has 2 rings (SSSR count). The van der Waals surface area contributed by atoms with Crippen molar-refractivity contribution in [2.75, 3.05) is 0 Å². The molecular formula is C10H6BrClN2O2. The molecule has 0 bridgehead atoms. The second kappa shape index (κ2) is 4.27. The smallest absolute Gasteiger partial charge is 0.264 e. The van der Waals surface area contributed by atoms with E-state index in [1.807, 2.05) is 0 Å². The third kappa shape index (κ3) is 2.10. The summed E-state index contributed by atoms with van der Waals surface area (Å²) in [6, 6.07) is 5.99. The van der Waals surface area contributed by atoms with E-state index in [-0.39, 0.29) is 11.3 Å². The molecule has 1 aromatic heterocycles. The van der Waals surface area contributed by atoms with Crippen LogP contribution in [0.1, 0.15) is 0 Å². The summed E-state index contributed by atoms with van der Waals surface area (Å²) in [6.07, 6.45) is 0. The van der Waals surface area contributed by atoms with Crippen molar-refractivity contribution in [1.82, 2.24) is 10.2 Å². The number of phenols is 1. The Kier molecular flexibility index (Phi) is 2.98. The zero-order valence-corrected chi connectivity index (χ0v) is 10.2. The average molecular weight is 302 g/mol. The number of nitrogens with zero attached hydrogens (tertiary/aromatic N) is 1. The van der Waals surface area contributed by atoms with Crippen LogP contribution >= 0.6 is 27.5 Å². The van der Waals surface area contributed by atoms with Gasteiger partial charge in [-0.2, -0.15) is 5.10 Å². The molecule has 1 heterocycles. The monoisotopic (exact) mass is 300 g/mol. The summed E-state index contributed by atoms with van der Waals surface area (Å²) in [5.41, 5.74) is 0.597. The number of aromatic amines is 1. The highest BCUT2D eigenvalue weighted by Crippen LogP contribution is 2.36. The van der Waals surface area contributed by atoms with Crippen LogP contribution in [0.5, 0.6) is 5.75 Å². The molecule has 0 atom stereocenters. The van der Waals surface area contributed by atoms with Crippen LogP contribution in [0.3, 0.4) is 0 Å². The molecule has 6 heteroatoms. The number of aromatic hydroxyl groups is 1. The SMILES string of the molecule is O=c1ccc(-c2cc(Cl)cc(Br)c2O)n[nH]1. The number of hydrogen-bond donors (Lipinski definition) is 2. The lowest BCUT2D eigenvalue weighted by molar-refractivity contribution is 0.473. The first kappa shape index (κ1) is 11.2. The number of aromatic nitrogens is 2. The van der Waals surface area contributed by atoms with Gasteiger partial charge in [-0.15, -0.1) is 0 Å². The lowest BCUT2D eigenvalue weighted by Crippen LogP contribution is -2.05. The molecular weight excluding hydrogens is 295 g/mol. The van der Waals surface area contributed by atoms with Crippen molar-refractivity contribution < 1.29 is 5.11 Å². The van der Waals surface area contributed by atoms with E-state index >= 15 is 0 Å². The number of benzene rings is 1. The molecule has 0 fully saturated rings. The van der Waals surface area contributed by atoms with Crippen LogP contribution in [0.4, 0.5) is 0 Å². The largest absolute Gasteiger partial charge is 0.506 e. The molecule has 2 N–H and O–H groups in total. The van der Waals surface area contributed by atoms with E-state index in [1.165, 1.54) is 12.1 Å². The highest BCUT2D eigenvalue weighted by Gasteiger charge is 2.10. The fourth-order valence-corrected chi connectivity index (χ4v) is 2.07. The van der Waals surface area contributed by atoms with Crippen molar-refractivity contribution in [2.45, 2.75) is 0 Å². The average Bonchev–Trinajstić information content (AvgIpc) is 2.25. The van der Waals surface area contributed by atoms with Crippen molar-refractivity contribution in [3.05, 3.63) is 44.1 Å². The number of hydrogen-bond acceptors (Lipinski definition) is 3. The first-order valence-corrected chi connectivity index (χ1v) is 5.49. The molecule has 0 unspecified atom stereocenters. The van der Waals surface area contributed by atoms with Gasteiger partial charge in [0.05, 0.1) is 10.2 Å². The summed E-state index contributed by atoms with van der Waals surface area (Å²) >= 11 is 9.04. The predicted octanol–water partition coefficient (Wildman–Crippen LogP) is 2.56. The lowest BCUT2D eigenvalue weighted by atomic mass is 10.1. The van der Waals surface area contributed by atoms with Crippen LogP contribution in [0, 0.1) is 0 Å². The van der Waals surface area contributed by atoms with Crippen molar-refractivity contribution in [3.63, 3.8) is 0 Å². The third-order valence-electron chi connectivity index (χ3n) is 1.98. The van der Waals surface area contributed by atoms with Crippen molar-refractivity contribution >= 4 is 27.5 Å². The Labute approximate surface area is 104 Å². The zero-order chi connectivity index (χ0) is 11.7. The maximum absolute atomic E-state index is 10.9. The second-order valence-electron chi connectivity index (χ2n) is 3.09. The van der Waals surface area contributed by atoms with Crippen LogP contribution in [0.15, 0.2) is 33.5 Å². The van der Waals surface area contributed by atoms with Gasteiger partial charge >= 0.3 is 0 Å². The molecule has 1 aromatic carbocycles. The van der Waals surface area contributed by atoms with Crippen molar-refractivity contribution in [3.8, 4) is 17.0 Å². The molecule has 16 heavy (non-hydrogen) atoms.